The second-order valence-corrected chi connectivity index (χ2v) is 7.03. The van der Waals surface area contributed by atoms with Crippen LogP contribution in [0.1, 0.15) is 35.7 Å². The smallest absolute Gasteiger partial charge is 0.253 e. The largest absolute Gasteiger partial charge is 0.338 e. The Labute approximate surface area is 163 Å². The molecule has 7 nitrogen and oxygen atoms in total. The lowest BCUT2D eigenvalue weighted by molar-refractivity contribution is -0.114. The Hall–Kier alpha value is -3.19. The highest BCUT2D eigenvalue weighted by atomic mass is 16.7. The third kappa shape index (κ3) is 3.75. The molecule has 0 aromatic heterocycles. The number of benzene rings is 2. The fourth-order valence-corrected chi connectivity index (χ4v) is 3.47. The quantitative estimate of drug-likeness (QED) is 0.860. The fourth-order valence-electron chi connectivity index (χ4n) is 3.47. The molecule has 1 fully saturated rings. The van der Waals surface area contributed by atoms with Crippen LogP contribution in [-0.4, -0.2) is 41.4 Å². The molecule has 0 radical (unpaired) electrons. The standard InChI is InChI=1S/C21H22N4O3/c1-15(26)22-18-9-7-17(8-10-18)20(27)25-13-11-21(12-14-25)23-19(24-28-21)16-5-3-2-4-6-16/h2-10H,11-14H2,1H3,(H,22,26)(H,23,24). The Morgan fingerprint density at radius 1 is 1.07 bits per heavy atom. The summed E-state index contributed by atoms with van der Waals surface area (Å²) in [4.78, 5) is 36.3. The molecule has 4 rings (SSSR count). The van der Waals surface area contributed by atoms with Gasteiger partial charge in [-0.25, -0.2) is 15.3 Å². The average molecular weight is 378 g/mol. The summed E-state index contributed by atoms with van der Waals surface area (Å²) < 4.78 is 0. The Balaban J connectivity index is 1.39. The molecule has 2 aromatic rings. The van der Waals surface area contributed by atoms with E-state index < -0.39 is 5.72 Å². The van der Waals surface area contributed by atoms with Gasteiger partial charge in [0.2, 0.25) is 5.91 Å². The molecule has 2 heterocycles. The summed E-state index contributed by atoms with van der Waals surface area (Å²) >= 11 is 0. The zero-order valence-corrected chi connectivity index (χ0v) is 15.6. The van der Waals surface area contributed by atoms with Crippen molar-refractivity contribution in [3.05, 3.63) is 65.7 Å². The topological polar surface area (TPSA) is 83.0 Å². The molecule has 2 aromatic carbocycles. The molecule has 0 atom stereocenters. The van der Waals surface area contributed by atoms with E-state index >= 15 is 0 Å². The molecule has 2 N–H and O–H groups in total. The van der Waals surface area contributed by atoms with Crippen LogP contribution in [0.2, 0.25) is 0 Å². The summed E-state index contributed by atoms with van der Waals surface area (Å²) in [6, 6.07) is 16.8. The number of carbonyl (C=O) groups excluding carboxylic acids is 2. The van der Waals surface area contributed by atoms with Crippen LogP contribution >= 0.6 is 0 Å². The highest BCUT2D eigenvalue weighted by Crippen LogP contribution is 2.31. The monoisotopic (exact) mass is 378 g/mol. The second-order valence-electron chi connectivity index (χ2n) is 7.03. The zero-order chi connectivity index (χ0) is 19.6. The predicted octanol–water partition coefficient (Wildman–Crippen LogP) is 2.56. The average Bonchev–Trinajstić information content (AvgIpc) is 3.12. The summed E-state index contributed by atoms with van der Waals surface area (Å²) in [6.07, 6.45) is 1.26. The molecule has 1 saturated heterocycles. The van der Waals surface area contributed by atoms with Crippen molar-refractivity contribution in [2.75, 3.05) is 18.4 Å². The summed E-state index contributed by atoms with van der Waals surface area (Å²) in [5.74, 6) is 0.567. The van der Waals surface area contributed by atoms with Gasteiger partial charge in [-0.15, -0.1) is 0 Å². The van der Waals surface area contributed by atoms with Crippen LogP contribution in [0.3, 0.4) is 0 Å². The Kier molecular flexibility index (Phi) is 4.83. The number of piperidine rings is 1. The number of aliphatic imine (C=N–C) groups is 1. The highest BCUT2D eigenvalue weighted by molar-refractivity contribution is 5.99. The normalized spacial score (nSPS) is 17.8. The molecular formula is C21H22N4O3. The van der Waals surface area contributed by atoms with Crippen molar-refractivity contribution < 1.29 is 14.4 Å². The van der Waals surface area contributed by atoms with Crippen molar-refractivity contribution in [3.8, 4) is 0 Å². The summed E-state index contributed by atoms with van der Waals surface area (Å²) in [7, 11) is 0. The lowest BCUT2D eigenvalue weighted by Gasteiger charge is -2.35. The number of hydrogen-bond donors (Lipinski definition) is 2. The Bertz CT molecular complexity index is 901. The maximum Gasteiger partial charge on any atom is 0.253 e. The first-order valence-corrected chi connectivity index (χ1v) is 9.31. The van der Waals surface area contributed by atoms with Gasteiger partial charge in [-0.1, -0.05) is 30.3 Å². The van der Waals surface area contributed by atoms with Crippen LogP contribution < -0.4 is 10.8 Å². The third-order valence-electron chi connectivity index (χ3n) is 4.98. The van der Waals surface area contributed by atoms with E-state index in [1.807, 2.05) is 35.2 Å². The summed E-state index contributed by atoms with van der Waals surface area (Å²) in [6.45, 7) is 2.59. The van der Waals surface area contributed by atoms with Gasteiger partial charge in [0.25, 0.3) is 5.91 Å². The van der Waals surface area contributed by atoms with E-state index in [0.29, 0.717) is 37.2 Å². The van der Waals surface area contributed by atoms with Gasteiger partial charge in [0, 0.05) is 49.7 Å². The third-order valence-corrected chi connectivity index (χ3v) is 4.98. The maximum absolute atomic E-state index is 12.8. The van der Waals surface area contributed by atoms with Gasteiger partial charge >= 0.3 is 0 Å². The predicted molar refractivity (Wildman–Crippen MR) is 106 cm³/mol. The van der Waals surface area contributed by atoms with Crippen LogP contribution in [0, 0.1) is 0 Å². The minimum atomic E-state index is -0.614. The number of nitrogens with one attached hydrogen (secondary N) is 2. The van der Waals surface area contributed by atoms with E-state index in [0.717, 1.165) is 11.4 Å². The maximum atomic E-state index is 12.8. The van der Waals surface area contributed by atoms with Crippen LogP contribution in [-0.2, 0) is 9.63 Å². The molecule has 0 unspecified atom stereocenters. The number of rotatable bonds is 3. The summed E-state index contributed by atoms with van der Waals surface area (Å²) in [5.41, 5.74) is 4.59. The van der Waals surface area contributed by atoms with E-state index in [1.165, 1.54) is 6.92 Å². The molecule has 144 valence electrons. The number of likely N-dealkylation sites (tertiary alicyclic amines) is 1. The van der Waals surface area contributed by atoms with Crippen molar-refractivity contribution in [2.45, 2.75) is 25.5 Å². The molecule has 7 heteroatoms. The first-order valence-electron chi connectivity index (χ1n) is 9.31. The van der Waals surface area contributed by atoms with E-state index in [9.17, 15) is 9.59 Å². The molecule has 2 aliphatic rings. The highest BCUT2D eigenvalue weighted by Gasteiger charge is 2.41. The summed E-state index contributed by atoms with van der Waals surface area (Å²) in [5, 5.41) is 2.70. The van der Waals surface area contributed by atoms with Gasteiger partial charge in [0.15, 0.2) is 11.6 Å². The molecule has 28 heavy (non-hydrogen) atoms. The number of carbonyl (C=O) groups is 2. The lowest BCUT2D eigenvalue weighted by atomic mass is 10.00. The SMILES string of the molecule is CC(=O)Nc1ccc(C(=O)N2CCC3(CC2)N=C(c2ccccc2)NO3)cc1. The van der Waals surface area contributed by atoms with Gasteiger partial charge in [0.1, 0.15) is 0 Å². The zero-order valence-electron chi connectivity index (χ0n) is 15.6. The van der Waals surface area contributed by atoms with Crippen molar-refractivity contribution in [1.82, 2.24) is 10.4 Å². The molecule has 0 aliphatic carbocycles. The Morgan fingerprint density at radius 2 is 1.75 bits per heavy atom. The van der Waals surface area contributed by atoms with Crippen molar-refractivity contribution in [3.63, 3.8) is 0 Å². The van der Waals surface area contributed by atoms with Gasteiger partial charge < -0.3 is 10.2 Å². The van der Waals surface area contributed by atoms with E-state index in [1.54, 1.807) is 24.3 Å². The molecule has 0 bridgehead atoms. The molecule has 1 spiro atoms. The number of anilines is 1. The number of amidine groups is 1. The minimum Gasteiger partial charge on any atom is -0.338 e. The molecular weight excluding hydrogens is 356 g/mol. The van der Waals surface area contributed by atoms with Gasteiger partial charge in [-0.2, -0.15) is 0 Å². The number of hydroxylamine groups is 1. The second kappa shape index (κ2) is 7.44. The van der Waals surface area contributed by atoms with Gasteiger partial charge in [0.05, 0.1) is 0 Å². The fraction of sp³-hybridized carbons (Fsp3) is 0.286. The van der Waals surface area contributed by atoms with Crippen LogP contribution in [0.25, 0.3) is 0 Å². The van der Waals surface area contributed by atoms with E-state index in [-0.39, 0.29) is 11.8 Å². The van der Waals surface area contributed by atoms with Gasteiger partial charge in [-0.3, -0.25) is 9.59 Å². The number of amides is 2. The Morgan fingerprint density at radius 3 is 2.39 bits per heavy atom. The lowest BCUT2D eigenvalue weighted by Crippen LogP contribution is -2.46. The van der Waals surface area contributed by atoms with E-state index in [2.05, 4.69) is 10.8 Å². The van der Waals surface area contributed by atoms with Crippen LogP contribution in [0.15, 0.2) is 59.6 Å². The molecule has 2 aliphatic heterocycles. The molecule has 0 saturated carbocycles. The van der Waals surface area contributed by atoms with E-state index in [4.69, 9.17) is 9.83 Å². The van der Waals surface area contributed by atoms with Gasteiger partial charge in [-0.05, 0) is 24.3 Å². The van der Waals surface area contributed by atoms with Crippen LogP contribution in [0.5, 0.6) is 0 Å². The van der Waals surface area contributed by atoms with Crippen molar-refractivity contribution >= 4 is 23.3 Å². The van der Waals surface area contributed by atoms with Crippen molar-refractivity contribution in [2.24, 2.45) is 4.99 Å². The van der Waals surface area contributed by atoms with Crippen LogP contribution in [0.4, 0.5) is 5.69 Å². The number of nitrogens with zero attached hydrogens (tertiary/aromatic N) is 2. The minimum absolute atomic E-state index is 0.0255. The first kappa shape index (κ1) is 18.2. The first-order chi connectivity index (χ1) is 13.5. The molecule has 2 amide bonds. The number of hydrogen-bond acceptors (Lipinski definition) is 5. The van der Waals surface area contributed by atoms with Crippen molar-refractivity contribution in [1.29, 1.82) is 0 Å².